The Hall–Kier alpha value is -0.690. The number of rotatable bonds is 6. The first-order valence-electron chi connectivity index (χ1n) is 6.94. The Morgan fingerprint density at radius 1 is 1.45 bits per heavy atom. The third-order valence-electron chi connectivity index (χ3n) is 3.39. The van der Waals surface area contributed by atoms with Crippen LogP contribution in [0.15, 0.2) is 5.16 Å². The van der Waals surface area contributed by atoms with Crippen molar-refractivity contribution in [2.45, 2.75) is 44.3 Å². The van der Waals surface area contributed by atoms with Gasteiger partial charge in [0.25, 0.3) is 0 Å². The van der Waals surface area contributed by atoms with E-state index in [4.69, 9.17) is 5.11 Å². The van der Waals surface area contributed by atoms with Crippen LogP contribution in [0.4, 0.5) is 0 Å². The summed E-state index contributed by atoms with van der Waals surface area (Å²) < 4.78 is 2.09. The predicted octanol–water partition coefficient (Wildman–Crippen LogP) is 2.72. The van der Waals surface area contributed by atoms with Crippen molar-refractivity contribution in [3.8, 4) is 0 Å². The molecule has 1 aromatic rings. The number of hydrogen-bond donors (Lipinski definition) is 1. The number of carbonyl (C=O) groups is 1. The molecular weight excluding hydrogens is 294 g/mol. The van der Waals surface area contributed by atoms with Gasteiger partial charge >= 0.3 is 5.97 Å². The van der Waals surface area contributed by atoms with E-state index in [0.717, 1.165) is 17.4 Å². The molecule has 0 aromatic carbocycles. The van der Waals surface area contributed by atoms with Gasteiger partial charge in [0.2, 0.25) is 0 Å². The van der Waals surface area contributed by atoms with Crippen molar-refractivity contribution in [1.29, 1.82) is 0 Å². The van der Waals surface area contributed by atoms with Gasteiger partial charge in [0.1, 0.15) is 5.82 Å². The third-order valence-corrected chi connectivity index (χ3v) is 5.36. The van der Waals surface area contributed by atoms with Gasteiger partial charge in [0.15, 0.2) is 5.16 Å². The Kier molecular flexibility index (Phi) is 5.77. The molecule has 0 radical (unpaired) electrons. The monoisotopic (exact) mass is 315 g/mol. The first-order valence-corrected chi connectivity index (χ1v) is 9.08. The first-order chi connectivity index (χ1) is 9.58. The van der Waals surface area contributed by atoms with Crippen LogP contribution in [0.2, 0.25) is 0 Å². The average molecular weight is 315 g/mol. The minimum Gasteiger partial charge on any atom is -0.481 e. The van der Waals surface area contributed by atoms with Crippen molar-refractivity contribution in [3.05, 3.63) is 5.82 Å². The summed E-state index contributed by atoms with van der Waals surface area (Å²) >= 11 is 3.28. The highest BCUT2D eigenvalue weighted by Crippen LogP contribution is 2.28. The Morgan fingerprint density at radius 3 is 2.75 bits per heavy atom. The smallest absolute Gasteiger partial charge is 0.313 e. The van der Waals surface area contributed by atoms with Crippen molar-refractivity contribution >= 4 is 29.5 Å². The van der Waals surface area contributed by atoms with Gasteiger partial charge in [-0.25, -0.2) is 0 Å². The molecule has 1 N–H and O–H groups in total. The number of hydrogen-bond acceptors (Lipinski definition) is 5. The molecule has 7 heteroatoms. The number of carboxylic acids is 1. The van der Waals surface area contributed by atoms with Crippen LogP contribution in [0.5, 0.6) is 0 Å². The Labute approximate surface area is 127 Å². The molecule has 112 valence electrons. The molecule has 0 spiro atoms. The molecule has 0 saturated carbocycles. The number of carboxylic acid groups (broad SMARTS) is 1. The molecule has 5 nitrogen and oxygen atoms in total. The van der Waals surface area contributed by atoms with Crippen molar-refractivity contribution < 1.29 is 9.90 Å². The van der Waals surface area contributed by atoms with Crippen LogP contribution >= 0.6 is 23.5 Å². The highest BCUT2D eigenvalue weighted by molar-refractivity contribution is 7.99. The van der Waals surface area contributed by atoms with E-state index >= 15 is 0 Å². The standard InChI is InChI=1S/C13H21N3O2S2/c1-9(2)16-11(7-10-3-5-19-6-4-10)14-15-13(16)20-8-12(17)18/h9-10H,3-8H2,1-2H3,(H,17,18). The lowest BCUT2D eigenvalue weighted by Gasteiger charge is -2.22. The molecule has 2 heterocycles. The van der Waals surface area contributed by atoms with E-state index in [1.165, 1.54) is 36.1 Å². The minimum atomic E-state index is -0.820. The number of thioether (sulfide) groups is 2. The molecule has 0 aliphatic carbocycles. The zero-order valence-electron chi connectivity index (χ0n) is 11.9. The van der Waals surface area contributed by atoms with Gasteiger partial charge in [-0.2, -0.15) is 11.8 Å². The molecular formula is C13H21N3O2S2. The maximum atomic E-state index is 10.7. The Morgan fingerprint density at radius 2 is 2.15 bits per heavy atom. The van der Waals surface area contributed by atoms with Gasteiger partial charge in [-0.15, -0.1) is 10.2 Å². The molecule has 20 heavy (non-hydrogen) atoms. The summed E-state index contributed by atoms with van der Waals surface area (Å²) in [6.07, 6.45) is 3.44. The summed E-state index contributed by atoms with van der Waals surface area (Å²) in [6, 6.07) is 0.259. The molecule has 1 fully saturated rings. The second kappa shape index (κ2) is 7.36. The molecule has 0 atom stereocenters. The molecule has 1 aliphatic heterocycles. The lowest BCUT2D eigenvalue weighted by molar-refractivity contribution is -0.133. The maximum absolute atomic E-state index is 10.7. The molecule has 0 amide bonds. The van der Waals surface area contributed by atoms with Gasteiger partial charge in [-0.3, -0.25) is 4.79 Å². The summed E-state index contributed by atoms with van der Waals surface area (Å²) in [7, 11) is 0. The summed E-state index contributed by atoms with van der Waals surface area (Å²) in [4.78, 5) is 10.7. The number of aromatic nitrogens is 3. The topological polar surface area (TPSA) is 68.0 Å². The normalized spacial score (nSPS) is 16.8. The largest absolute Gasteiger partial charge is 0.481 e. The van der Waals surface area contributed by atoms with Crippen LogP contribution in [-0.4, -0.2) is 43.1 Å². The highest BCUT2D eigenvalue weighted by Gasteiger charge is 2.21. The van der Waals surface area contributed by atoms with Crippen molar-refractivity contribution in [3.63, 3.8) is 0 Å². The third kappa shape index (κ3) is 4.15. The fraction of sp³-hybridized carbons (Fsp3) is 0.769. The number of aliphatic carboxylic acids is 1. The van der Waals surface area contributed by atoms with E-state index in [1.807, 2.05) is 11.8 Å². The Bertz CT molecular complexity index is 456. The van der Waals surface area contributed by atoms with Gasteiger partial charge in [0.05, 0.1) is 5.75 Å². The Balaban J connectivity index is 2.09. The lowest BCUT2D eigenvalue weighted by Crippen LogP contribution is -2.17. The fourth-order valence-corrected chi connectivity index (χ4v) is 4.41. The van der Waals surface area contributed by atoms with E-state index in [-0.39, 0.29) is 11.8 Å². The van der Waals surface area contributed by atoms with Crippen LogP contribution < -0.4 is 0 Å². The van der Waals surface area contributed by atoms with Crippen LogP contribution in [0.1, 0.15) is 38.6 Å². The molecule has 2 rings (SSSR count). The SMILES string of the molecule is CC(C)n1c(CC2CCSCC2)nnc1SCC(=O)O. The van der Waals surface area contributed by atoms with E-state index in [0.29, 0.717) is 5.92 Å². The van der Waals surface area contributed by atoms with E-state index < -0.39 is 5.97 Å². The van der Waals surface area contributed by atoms with Crippen molar-refractivity contribution in [2.24, 2.45) is 5.92 Å². The first kappa shape index (κ1) is 15.7. The molecule has 0 unspecified atom stereocenters. The average Bonchev–Trinajstić information content (AvgIpc) is 2.80. The summed E-state index contributed by atoms with van der Waals surface area (Å²) in [5, 5.41) is 18.0. The zero-order chi connectivity index (χ0) is 14.5. The fourth-order valence-electron chi connectivity index (χ4n) is 2.40. The van der Waals surface area contributed by atoms with Gasteiger partial charge in [-0.05, 0) is 44.1 Å². The van der Waals surface area contributed by atoms with E-state index in [9.17, 15) is 4.79 Å². The van der Waals surface area contributed by atoms with Crippen LogP contribution in [0.3, 0.4) is 0 Å². The second-order valence-corrected chi connectivity index (χ2v) is 7.47. The second-order valence-electron chi connectivity index (χ2n) is 5.30. The van der Waals surface area contributed by atoms with Crippen LogP contribution in [0.25, 0.3) is 0 Å². The van der Waals surface area contributed by atoms with Gasteiger partial charge in [-0.1, -0.05) is 11.8 Å². The number of nitrogens with zero attached hydrogens (tertiary/aromatic N) is 3. The van der Waals surface area contributed by atoms with Crippen molar-refractivity contribution in [2.75, 3.05) is 17.3 Å². The molecule has 1 aromatic heterocycles. The minimum absolute atomic E-state index is 0.0327. The van der Waals surface area contributed by atoms with Crippen molar-refractivity contribution in [1.82, 2.24) is 14.8 Å². The maximum Gasteiger partial charge on any atom is 0.313 e. The summed E-state index contributed by atoms with van der Waals surface area (Å²) in [6.45, 7) is 4.18. The van der Waals surface area contributed by atoms with Crippen LogP contribution in [-0.2, 0) is 11.2 Å². The highest BCUT2D eigenvalue weighted by atomic mass is 32.2. The summed E-state index contributed by atoms with van der Waals surface area (Å²) in [5.41, 5.74) is 0. The van der Waals surface area contributed by atoms with E-state index in [2.05, 4.69) is 28.6 Å². The summed E-state index contributed by atoms with van der Waals surface area (Å²) in [5.74, 6) is 3.38. The van der Waals surface area contributed by atoms with E-state index in [1.54, 1.807) is 0 Å². The molecule has 0 bridgehead atoms. The van der Waals surface area contributed by atoms with Gasteiger partial charge in [0, 0.05) is 12.5 Å². The zero-order valence-corrected chi connectivity index (χ0v) is 13.5. The van der Waals surface area contributed by atoms with Gasteiger partial charge < -0.3 is 9.67 Å². The molecule has 1 saturated heterocycles. The van der Waals surface area contributed by atoms with Crippen LogP contribution in [0, 0.1) is 5.92 Å². The molecule has 1 aliphatic rings. The lowest BCUT2D eigenvalue weighted by atomic mass is 9.98. The predicted molar refractivity (Wildman–Crippen MR) is 82.5 cm³/mol. The quantitative estimate of drug-likeness (QED) is 0.814.